The molecular weight excluding hydrogens is 392 g/mol. The largest absolute Gasteiger partial charge is 0.495 e. The molecular formula is C17H23BrN2O5. The summed E-state index contributed by atoms with van der Waals surface area (Å²) in [5.74, 6) is 0.863. The summed E-state index contributed by atoms with van der Waals surface area (Å²) in [5, 5.41) is 3.00. The molecule has 1 fully saturated rings. The number of rotatable bonds is 5. The highest BCUT2D eigenvalue weighted by molar-refractivity contribution is 9.10. The van der Waals surface area contributed by atoms with Gasteiger partial charge in [0, 0.05) is 24.7 Å². The Bertz CT molecular complexity index is 604. The summed E-state index contributed by atoms with van der Waals surface area (Å²) in [6.45, 7) is 3.28. The number of ether oxygens (including phenoxy) is 3. The zero-order valence-electron chi connectivity index (χ0n) is 14.6. The number of nitrogens with zero attached hydrogens (tertiary/aromatic N) is 1. The topological polar surface area (TPSA) is 77.1 Å². The monoisotopic (exact) mass is 414 g/mol. The van der Waals surface area contributed by atoms with Gasteiger partial charge in [-0.1, -0.05) is 0 Å². The molecule has 0 spiro atoms. The van der Waals surface area contributed by atoms with Crippen LogP contribution in [0.15, 0.2) is 16.6 Å². The van der Waals surface area contributed by atoms with Crippen molar-refractivity contribution < 1.29 is 23.8 Å². The Balaban J connectivity index is 1.98. The molecule has 0 radical (unpaired) electrons. The molecule has 1 aromatic carbocycles. The maximum atomic E-state index is 12.5. The predicted molar refractivity (Wildman–Crippen MR) is 96.3 cm³/mol. The number of methoxy groups -OCH3 is 2. The predicted octanol–water partition coefficient (Wildman–Crippen LogP) is 2.82. The zero-order valence-corrected chi connectivity index (χ0v) is 16.2. The quantitative estimate of drug-likeness (QED) is 0.801. The van der Waals surface area contributed by atoms with Gasteiger partial charge in [-0.3, -0.25) is 4.79 Å². The van der Waals surface area contributed by atoms with Crippen LogP contribution in [0.4, 0.5) is 4.79 Å². The van der Waals surface area contributed by atoms with Gasteiger partial charge < -0.3 is 24.4 Å². The lowest BCUT2D eigenvalue weighted by molar-refractivity contribution is 0.0859. The molecule has 0 saturated carbocycles. The molecule has 2 rings (SSSR count). The molecule has 25 heavy (non-hydrogen) atoms. The molecule has 0 aromatic heterocycles. The zero-order chi connectivity index (χ0) is 18.4. The van der Waals surface area contributed by atoms with Gasteiger partial charge in [-0.25, -0.2) is 4.79 Å². The van der Waals surface area contributed by atoms with Gasteiger partial charge in [0.1, 0.15) is 16.0 Å². The molecule has 1 aliphatic rings. The van der Waals surface area contributed by atoms with E-state index in [1.54, 1.807) is 24.0 Å². The molecule has 1 heterocycles. The van der Waals surface area contributed by atoms with Crippen molar-refractivity contribution in [2.75, 3.05) is 33.9 Å². The van der Waals surface area contributed by atoms with Gasteiger partial charge in [-0.05, 0) is 47.8 Å². The van der Waals surface area contributed by atoms with Crippen molar-refractivity contribution in [3.05, 3.63) is 22.2 Å². The number of hydrogen-bond acceptors (Lipinski definition) is 5. The lowest BCUT2D eigenvalue weighted by Crippen LogP contribution is -2.46. The molecule has 0 aliphatic carbocycles. The molecule has 1 N–H and O–H groups in total. The van der Waals surface area contributed by atoms with Crippen molar-refractivity contribution in [2.24, 2.45) is 0 Å². The van der Waals surface area contributed by atoms with Crippen molar-refractivity contribution in [1.29, 1.82) is 0 Å². The summed E-state index contributed by atoms with van der Waals surface area (Å²) in [6.07, 6.45) is 1.08. The van der Waals surface area contributed by atoms with Crippen molar-refractivity contribution in [2.45, 2.75) is 25.8 Å². The van der Waals surface area contributed by atoms with Crippen LogP contribution in [0.2, 0.25) is 0 Å². The van der Waals surface area contributed by atoms with Crippen LogP contribution in [0.5, 0.6) is 11.5 Å². The first-order chi connectivity index (χ1) is 12.0. The van der Waals surface area contributed by atoms with E-state index in [1.807, 2.05) is 0 Å². The van der Waals surface area contributed by atoms with E-state index in [0.29, 0.717) is 54.1 Å². The summed E-state index contributed by atoms with van der Waals surface area (Å²) in [6, 6.07) is 3.34. The van der Waals surface area contributed by atoms with Crippen molar-refractivity contribution in [3.63, 3.8) is 0 Å². The first kappa shape index (κ1) is 19.4. The van der Waals surface area contributed by atoms with E-state index in [1.165, 1.54) is 14.2 Å². The summed E-state index contributed by atoms with van der Waals surface area (Å²) in [5.41, 5.74) is 0.463. The molecule has 138 valence electrons. The van der Waals surface area contributed by atoms with Crippen LogP contribution >= 0.6 is 15.9 Å². The number of piperidine rings is 1. The fourth-order valence-corrected chi connectivity index (χ4v) is 3.24. The lowest BCUT2D eigenvalue weighted by Gasteiger charge is -2.31. The van der Waals surface area contributed by atoms with Crippen molar-refractivity contribution in [1.82, 2.24) is 10.2 Å². The third-order valence-corrected chi connectivity index (χ3v) is 4.85. The first-order valence-corrected chi connectivity index (χ1v) is 8.93. The number of amides is 2. The SMILES string of the molecule is CCOC(=O)N1CCC(NC(=O)c2cc(OC)c(Br)c(OC)c2)CC1. The van der Waals surface area contributed by atoms with E-state index >= 15 is 0 Å². The van der Waals surface area contributed by atoms with Gasteiger partial charge in [0.05, 0.1) is 20.8 Å². The number of hydrogen-bond donors (Lipinski definition) is 1. The van der Waals surface area contributed by atoms with E-state index in [0.717, 1.165) is 0 Å². The number of halogens is 1. The van der Waals surface area contributed by atoms with E-state index < -0.39 is 0 Å². The van der Waals surface area contributed by atoms with Crippen LogP contribution in [0.3, 0.4) is 0 Å². The molecule has 1 aromatic rings. The minimum atomic E-state index is -0.297. The molecule has 2 amide bonds. The molecule has 1 saturated heterocycles. The van der Waals surface area contributed by atoms with E-state index in [-0.39, 0.29) is 18.0 Å². The Morgan fingerprint density at radius 1 is 1.20 bits per heavy atom. The number of nitrogens with one attached hydrogen (secondary N) is 1. The van der Waals surface area contributed by atoms with Gasteiger partial charge in [-0.15, -0.1) is 0 Å². The van der Waals surface area contributed by atoms with Crippen LogP contribution < -0.4 is 14.8 Å². The van der Waals surface area contributed by atoms with Crippen LogP contribution in [0.1, 0.15) is 30.1 Å². The maximum absolute atomic E-state index is 12.5. The normalized spacial score (nSPS) is 14.8. The number of carbonyl (C=O) groups is 2. The van der Waals surface area contributed by atoms with E-state index in [2.05, 4.69) is 21.2 Å². The van der Waals surface area contributed by atoms with Crippen LogP contribution in [0, 0.1) is 0 Å². The summed E-state index contributed by atoms with van der Waals surface area (Å²) in [4.78, 5) is 25.9. The second kappa shape index (κ2) is 8.94. The van der Waals surface area contributed by atoms with E-state index in [9.17, 15) is 9.59 Å². The minimum absolute atomic E-state index is 0.0128. The highest BCUT2D eigenvalue weighted by atomic mass is 79.9. The Morgan fingerprint density at radius 3 is 2.24 bits per heavy atom. The van der Waals surface area contributed by atoms with Crippen LogP contribution in [0.25, 0.3) is 0 Å². The molecule has 0 unspecified atom stereocenters. The van der Waals surface area contributed by atoms with Gasteiger partial charge in [-0.2, -0.15) is 0 Å². The standard InChI is InChI=1S/C17H23BrN2O5/c1-4-25-17(22)20-7-5-12(6-8-20)19-16(21)11-9-13(23-2)15(18)14(10-11)24-3/h9-10,12H,4-8H2,1-3H3,(H,19,21). The van der Waals surface area contributed by atoms with Gasteiger partial charge in [0.15, 0.2) is 0 Å². The summed E-state index contributed by atoms with van der Waals surface area (Å²) >= 11 is 3.39. The molecule has 0 bridgehead atoms. The Morgan fingerprint density at radius 2 is 1.76 bits per heavy atom. The Hall–Kier alpha value is -1.96. The fraction of sp³-hybridized carbons (Fsp3) is 0.529. The number of benzene rings is 1. The third-order valence-electron chi connectivity index (χ3n) is 4.06. The van der Waals surface area contributed by atoms with Crippen LogP contribution in [-0.4, -0.2) is 56.9 Å². The second-order valence-corrected chi connectivity index (χ2v) is 6.42. The average Bonchev–Trinajstić information content (AvgIpc) is 2.62. The summed E-state index contributed by atoms with van der Waals surface area (Å²) in [7, 11) is 3.07. The molecule has 0 atom stereocenters. The molecule has 7 nitrogen and oxygen atoms in total. The highest BCUT2D eigenvalue weighted by Gasteiger charge is 2.25. The smallest absolute Gasteiger partial charge is 0.409 e. The molecule has 8 heteroatoms. The van der Waals surface area contributed by atoms with Gasteiger partial charge in [0.2, 0.25) is 0 Å². The maximum Gasteiger partial charge on any atom is 0.409 e. The fourth-order valence-electron chi connectivity index (χ4n) is 2.69. The highest BCUT2D eigenvalue weighted by Crippen LogP contribution is 2.35. The second-order valence-electron chi connectivity index (χ2n) is 5.63. The molecule has 1 aliphatic heterocycles. The first-order valence-electron chi connectivity index (χ1n) is 8.14. The van der Waals surface area contributed by atoms with Gasteiger partial charge >= 0.3 is 6.09 Å². The van der Waals surface area contributed by atoms with E-state index in [4.69, 9.17) is 14.2 Å². The Labute approximate surface area is 155 Å². The van der Waals surface area contributed by atoms with Crippen molar-refractivity contribution in [3.8, 4) is 11.5 Å². The minimum Gasteiger partial charge on any atom is -0.495 e. The lowest BCUT2D eigenvalue weighted by atomic mass is 10.0. The average molecular weight is 415 g/mol. The third kappa shape index (κ3) is 4.78. The number of carbonyl (C=O) groups excluding carboxylic acids is 2. The van der Waals surface area contributed by atoms with Gasteiger partial charge in [0.25, 0.3) is 5.91 Å². The van der Waals surface area contributed by atoms with Crippen LogP contribution in [-0.2, 0) is 4.74 Å². The Kier molecular flexibility index (Phi) is 6.92. The van der Waals surface area contributed by atoms with Crippen molar-refractivity contribution >= 4 is 27.9 Å². The summed E-state index contributed by atoms with van der Waals surface area (Å²) < 4.78 is 16.2. The number of likely N-dealkylation sites (tertiary alicyclic amines) is 1.